The van der Waals surface area contributed by atoms with Crippen molar-refractivity contribution in [3.63, 3.8) is 0 Å². The zero-order valence-electron chi connectivity index (χ0n) is 9.33. The Morgan fingerprint density at radius 2 is 2.31 bits per heavy atom. The third kappa shape index (κ3) is 1.44. The Morgan fingerprint density at radius 3 is 3.12 bits per heavy atom. The molecule has 0 radical (unpaired) electrons. The van der Waals surface area contributed by atoms with Crippen LogP contribution in [0.25, 0.3) is 0 Å². The molecule has 2 aromatic rings. The highest BCUT2D eigenvalue weighted by Crippen LogP contribution is 2.38. The third-order valence-electron chi connectivity index (χ3n) is 3.20. The summed E-state index contributed by atoms with van der Waals surface area (Å²) in [7, 11) is 1.94. The summed E-state index contributed by atoms with van der Waals surface area (Å²) in [6.07, 6.45) is 3.04. The lowest BCUT2D eigenvalue weighted by Gasteiger charge is -2.28. The fraction of sp³-hybridized carbons (Fsp3) is 0.308. The van der Waals surface area contributed by atoms with Gasteiger partial charge < -0.3 is 10.3 Å². The van der Waals surface area contributed by atoms with E-state index in [-0.39, 0.29) is 0 Å². The molecule has 1 aliphatic rings. The van der Waals surface area contributed by atoms with Gasteiger partial charge in [0.1, 0.15) is 5.82 Å². The average Bonchev–Trinajstić information content (AvgIpc) is 2.69. The maximum Gasteiger partial charge on any atom is 0.114 e. The molecule has 3 nitrogen and oxygen atoms in total. The highest BCUT2D eigenvalue weighted by molar-refractivity contribution is 5.44. The second kappa shape index (κ2) is 3.76. The number of imidazole rings is 1. The monoisotopic (exact) mass is 213 g/mol. The average molecular weight is 213 g/mol. The van der Waals surface area contributed by atoms with Crippen molar-refractivity contribution < 1.29 is 0 Å². The number of hydrogen-bond donors (Lipinski definition) is 2. The Bertz CT molecular complexity index is 501. The molecular weight excluding hydrogens is 198 g/mol. The van der Waals surface area contributed by atoms with Crippen molar-refractivity contribution in [2.45, 2.75) is 18.9 Å². The fourth-order valence-corrected chi connectivity index (χ4v) is 2.34. The zero-order valence-corrected chi connectivity index (χ0v) is 9.33. The maximum absolute atomic E-state index is 4.46. The van der Waals surface area contributed by atoms with E-state index in [0.717, 1.165) is 24.5 Å². The van der Waals surface area contributed by atoms with E-state index in [0.29, 0.717) is 5.92 Å². The molecule has 0 saturated heterocycles. The summed E-state index contributed by atoms with van der Waals surface area (Å²) in [4.78, 5) is 7.84. The number of benzene rings is 1. The molecule has 0 saturated carbocycles. The van der Waals surface area contributed by atoms with Gasteiger partial charge in [-0.15, -0.1) is 0 Å². The molecule has 1 heterocycles. The molecule has 0 aliphatic heterocycles. The van der Waals surface area contributed by atoms with Gasteiger partial charge in [0.15, 0.2) is 0 Å². The molecule has 1 aliphatic carbocycles. The van der Waals surface area contributed by atoms with Crippen molar-refractivity contribution >= 4 is 0 Å². The van der Waals surface area contributed by atoms with Crippen LogP contribution in [0, 0.1) is 0 Å². The first-order valence-corrected chi connectivity index (χ1v) is 5.64. The van der Waals surface area contributed by atoms with Crippen LogP contribution in [-0.4, -0.2) is 17.0 Å². The molecular formula is C13H15N3. The molecule has 2 N–H and O–H groups in total. The highest BCUT2D eigenvalue weighted by atomic mass is 15.0. The molecule has 1 atom stereocenters. The van der Waals surface area contributed by atoms with Gasteiger partial charge in [-0.3, -0.25) is 0 Å². The van der Waals surface area contributed by atoms with Crippen LogP contribution in [-0.2, 0) is 13.0 Å². The molecule has 1 unspecified atom stereocenters. The van der Waals surface area contributed by atoms with Crippen LogP contribution >= 0.6 is 0 Å². The van der Waals surface area contributed by atoms with Crippen molar-refractivity contribution in [3.8, 4) is 0 Å². The lowest BCUT2D eigenvalue weighted by Crippen LogP contribution is -2.19. The molecule has 16 heavy (non-hydrogen) atoms. The van der Waals surface area contributed by atoms with E-state index in [1.165, 1.54) is 11.1 Å². The quantitative estimate of drug-likeness (QED) is 0.816. The van der Waals surface area contributed by atoms with Crippen LogP contribution in [0.3, 0.4) is 0 Å². The minimum Gasteiger partial charge on any atom is -0.344 e. The van der Waals surface area contributed by atoms with Crippen molar-refractivity contribution in [2.75, 3.05) is 7.05 Å². The normalized spacial score (nSPS) is 17.9. The van der Waals surface area contributed by atoms with Gasteiger partial charge >= 0.3 is 0 Å². The van der Waals surface area contributed by atoms with Crippen LogP contribution in [0.5, 0.6) is 0 Å². The van der Waals surface area contributed by atoms with Gasteiger partial charge in [-0.05, 0) is 24.6 Å². The molecule has 1 aromatic heterocycles. The van der Waals surface area contributed by atoms with Gasteiger partial charge in [-0.25, -0.2) is 4.98 Å². The van der Waals surface area contributed by atoms with E-state index in [9.17, 15) is 0 Å². The molecule has 0 spiro atoms. The summed E-state index contributed by atoms with van der Waals surface area (Å²) >= 11 is 0. The lowest BCUT2D eigenvalue weighted by atomic mass is 9.77. The Labute approximate surface area is 94.9 Å². The lowest BCUT2D eigenvalue weighted by molar-refractivity contribution is 0.665. The zero-order chi connectivity index (χ0) is 11.0. The van der Waals surface area contributed by atoms with Gasteiger partial charge in [-0.2, -0.15) is 0 Å². The van der Waals surface area contributed by atoms with Gasteiger partial charge in [0.25, 0.3) is 0 Å². The van der Waals surface area contributed by atoms with E-state index in [1.54, 1.807) is 0 Å². The standard InChI is InChI=1S/C13H15N3/c1-14-7-10-8-15-13(16-10)12-6-9-4-2-3-5-11(9)12/h2-5,8,12,14H,6-7H2,1H3,(H,15,16). The topological polar surface area (TPSA) is 40.7 Å². The van der Waals surface area contributed by atoms with Crippen LogP contribution in [0.15, 0.2) is 30.5 Å². The van der Waals surface area contributed by atoms with E-state index in [4.69, 9.17) is 0 Å². The fourth-order valence-electron chi connectivity index (χ4n) is 2.34. The molecule has 1 aromatic carbocycles. The predicted molar refractivity (Wildman–Crippen MR) is 63.3 cm³/mol. The first kappa shape index (κ1) is 9.60. The number of aromatic amines is 1. The molecule has 0 bridgehead atoms. The van der Waals surface area contributed by atoms with Crippen LogP contribution in [0.2, 0.25) is 0 Å². The Balaban J connectivity index is 1.85. The van der Waals surface area contributed by atoms with Crippen molar-refractivity contribution in [1.29, 1.82) is 0 Å². The van der Waals surface area contributed by atoms with Gasteiger partial charge in [0.2, 0.25) is 0 Å². The molecule has 3 rings (SSSR count). The Hall–Kier alpha value is -1.61. The van der Waals surface area contributed by atoms with Crippen molar-refractivity contribution in [1.82, 2.24) is 15.3 Å². The number of rotatable bonds is 3. The van der Waals surface area contributed by atoms with Crippen molar-refractivity contribution in [2.24, 2.45) is 0 Å². The minimum absolute atomic E-state index is 0.474. The summed E-state index contributed by atoms with van der Waals surface area (Å²) < 4.78 is 0. The summed E-state index contributed by atoms with van der Waals surface area (Å²) in [6, 6.07) is 8.60. The highest BCUT2D eigenvalue weighted by Gasteiger charge is 2.28. The number of nitrogens with one attached hydrogen (secondary N) is 2. The number of aromatic nitrogens is 2. The SMILES string of the molecule is CNCc1cnc(C2Cc3ccccc32)[nH]1. The van der Waals surface area contributed by atoms with Crippen LogP contribution in [0.4, 0.5) is 0 Å². The van der Waals surface area contributed by atoms with Crippen molar-refractivity contribution in [3.05, 3.63) is 53.1 Å². The third-order valence-corrected chi connectivity index (χ3v) is 3.20. The first-order chi connectivity index (χ1) is 7.88. The Kier molecular flexibility index (Phi) is 2.26. The minimum atomic E-state index is 0.474. The number of fused-ring (bicyclic) bond motifs is 1. The van der Waals surface area contributed by atoms with E-state index >= 15 is 0 Å². The van der Waals surface area contributed by atoms with Gasteiger partial charge in [0.05, 0.1) is 0 Å². The summed E-state index contributed by atoms with van der Waals surface area (Å²) in [6.45, 7) is 0.849. The van der Waals surface area contributed by atoms with Gasteiger partial charge in [-0.1, -0.05) is 24.3 Å². The molecule has 0 amide bonds. The number of H-pyrrole nitrogens is 1. The summed E-state index contributed by atoms with van der Waals surface area (Å²) in [5.74, 6) is 1.57. The summed E-state index contributed by atoms with van der Waals surface area (Å²) in [5.41, 5.74) is 4.04. The van der Waals surface area contributed by atoms with E-state index in [2.05, 4.69) is 39.6 Å². The van der Waals surface area contributed by atoms with Gasteiger partial charge in [0, 0.05) is 24.4 Å². The second-order valence-corrected chi connectivity index (χ2v) is 4.28. The molecule has 0 fully saturated rings. The molecule has 82 valence electrons. The van der Waals surface area contributed by atoms with E-state index in [1.807, 2.05) is 13.2 Å². The van der Waals surface area contributed by atoms with Crippen LogP contribution in [0.1, 0.15) is 28.6 Å². The number of nitrogens with zero attached hydrogens (tertiary/aromatic N) is 1. The second-order valence-electron chi connectivity index (χ2n) is 4.28. The smallest absolute Gasteiger partial charge is 0.114 e. The predicted octanol–water partition coefficient (Wildman–Crippen LogP) is 1.82. The maximum atomic E-state index is 4.46. The Morgan fingerprint density at radius 1 is 1.44 bits per heavy atom. The van der Waals surface area contributed by atoms with Crippen LogP contribution < -0.4 is 5.32 Å². The number of hydrogen-bond acceptors (Lipinski definition) is 2. The van der Waals surface area contributed by atoms with E-state index < -0.39 is 0 Å². The summed E-state index contributed by atoms with van der Waals surface area (Å²) in [5, 5.41) is 3.12. The first-order valence-electron chi connectivity index (χ1n) is 5.64. The molecule has 3 heteroatoms. The largest absolute Gasteiger partial charge is 0.344 e.